The van der Waals surface area contributed by atoms with Crippen LogP contribution in [-0.4, -0.2) is 24.3 Å². The predicted octanol–water partition coefficient (Wildman–Crippen LogP) is 3.02. The zero-order valence-corrected chi connectivity index (χ0v) is 12.9. The van der Waals surface area contributed by atoms with Crippen LogP contribution in [0.3, 0.4) is 0 Å². The van der Waals surface area contributed by atoms with Crippen molar-refractivity contribution in [1.82, 2.24) is 0 Å². The standard InChI is InChI=1S/C14H14BrNO4/c1-8(2)20-14(18)10(7-16)4-9-5-11(15)13(17)12(6-9)19-3/h4-6,8,17H,1-3H3/b10-4-. The largest absolute Gasteiger partial charge is 0.503 e. The van der Waals surface area contributed by atoms with E-state index in [0.717, 1.165) is 0 Å². The number of nitriles is 1. The van der Waals surface area contributed by atoms with E-state index in [1.54, 1.807) is 26.0 Å². The van der Waals surface area contributed by atoms with E-state index in [9.17, 15) is 9.90 Å². The Kier molecular flexibility index (Phi) is 5.59. The van der Waals surface area contributed by atoms with Gasteiger partial charge in [-0.3, -0.25) is 0 Å². The SMILES string of the molecule is COc1cc(/C=C(/C#N)C(=O)OC(C)C)cc(Br)c1O. The zero-order chi connectivity index (χ0) is 15.3. The van der Waals surface area contributed by atoms with Gasteiger partial charge in [-0.1, -0.05) is 0 Å². The van der Waals surface area contributed by atoms with Crippen LogP contribution in [0.2, 0.25) is 0 Å². The quantitative estimate of drug-likeness (QED) is 0.518. The van der Waals surface area contributed by atoms with Crippen molar-refractivity contribution >= 4 is 28.0 Å². The molecule has 0 atom stereocenters. The van der Waals surface area contributed by atoms with Crippen molar-refractivity contribution in [3.8, 4) is 17.6 Å². The summed E-state index contributed by atoms with van der Waals surface area (Å²) in [5.74, 6) is -0.501. The summed E-state index contributed by atoms with van der Waals surface area (Å²) in [6.07, 6.45) is 1.07. The van der Waals surface area contributed by atoms with E-state index in [-0.39, 0.29) is 23.2 Å². The lowest BCUT2D eigenvalue weighted by Gasteiger charge is -2.08. The number of benzene rings is 1. The average molecular weight is 340 g/mol. The number of hydrogen-bond acceptors (Lipinski definition) is 5. The van der Waals surface area contributed by atoms with Gasteiger partial charge < -0.3 is 14.6 Å². The molecule has 1 aromatic carbocycles. The lowest BCUT2D eigenvalue weighted by Crippen LogP contribution is -2.12. The Morgan fingerprint density at radius 2 is 2.15 bits per heavy atom. The number of esters is 1. The summed E-state index contributed by atoms with van der Waals surface area (Å²) < 4.78 is 10.4. The second kappa shape index (κ2) is 6.96. The van der Waals surface area contributed by atoms with E-state index in [1.807, 2.05) is 0 Å². The molecule has 0 bridgehead atoms. The first kappa shape index (κ1) is 16.1. The highest BCUT2D eigenvalue weighted by Gasteiger charge is 2.14. The third-order valence-corrected chi connectivity index (χ3v) is 2.87. The number of carbonyl (C=O) groups is 1. The second-order valence-corrected chi connectivity index (χ2v) is 5.03. The summed E-state index contributed by atoms with van der Waals surface area (Å²) >= 11 is 3.17. The molecule has 106 valence electrons. The number of phenolic OH excluding ortho intramolecular Hbond substituents is 1. The zero-order valence-electron chi connectivity index (χ0n) is 11.3. The smallest absolute Gasteiger partial charge is 0.349 e. The third-order valence-electron chi connectivity index (χ3n) is 2.26. The lowest BCUT2D eigenvalue weighted by atomic mass is 10.1. The number of nitrogens with zero attached hydrogens (tertiary/aromatic N) is 1. The van der Waals surface area contributed by atoms with Gasteiger partial charge in [0.1, 0.15) is 11.6 Å². The van der Waals surface area contributed by atoms with Gasteiger partial charge in [-0.25, -0.2) is 4.79 Å². The number of carbonyl (C=O) groups excluding carboxylic acids is 1. The van der Waals surface area contributed by atoms with Crippen molar-refractivity contribution in [3.63, 3.8) is 0 Å². The molecule has 0 aliphatic heterocycles. The molecule has 0 aliphatic carbocycles. The van der Waals surface area contributed by atoms with Gasteiger partial charge in [0.2, 0.25) is 0 Å². The van der Waals surface area contributed by atoms with Crippen LogP contribution in [0.5, 0.6) is 11.5 Å². The van der Waals surface area contributed by atoms with Crippen LogP contribution in [-0.2, 0) is 9.53 Å². The van der Waals surface area contributed by atoms with Gasteiger partial charge in [-0.2, -0.15) is 5.26 Å². The minimum Gasteiger partial charge on any atom is -0.503 e. The lowest BCUT2D eigenvalue weighted by molar-refractivity contribution is -0.142. The van der Waals surface area contributed by atoms with E-state index in [4.69, 9.17) is 14.7 Å². The van der Waals surface area contributed by atoms with Crippen molar-refractivity contribution in [2.24, 2.45) is 0 Å². The molecule has 20 heavy (non-hydrogen) atoms. The summed E-state index contributed by atoms with van der Waals surface area (Å²) in [7, 11) is 1.41. The topological polar surface area (TPSA) is 79.5 Å². The van der Waals surface area contributed by atoms with Crippen molar-refractivity contribution in [2.45, 2.75) is 20.0 Å². The number of rotatable bonds is 4. The van der Waals surface area contributed by atoms with E-state index in [2.05, 4.69) is 15.9 Å². The Bertz CT molecular complexity index is 588. The van der Waals surface area contributed by atoms with Crippen molar-refractivity contribution in [3.05, 3.63) is 27.7 Å². The van der Waals surface area contributed by atoms with Crippen molar-refractivity contribution in [1.29, 1.82) is 5.26 Å². The second-order valence-electron chi connectivity index (χ2n) is 4.18. The van der Waals surface area contributed by atoms with Gasteiger partial charge in [-0.15, -0.1) is 0 Å². The van der Waals surface area contributed by atoms with Gasteiger partial charge in [0, 0.05) is 0 Å². The molecule has 0 aliphatic rings. The van der Waals surface area contributed by atoms with E-state index in [1.165, 1.54) is 19.3 Å². The van der Waals surface area contributed by atoms with Crippen LogP contribution in [0.15, 0.2) is 22.2 Å². The fourth-order valence-corrected chi connectivity index (χ4v) is 1.87. The minimum atomic E-state index is -0.689. The number of halogens is 1. The first-order valence-electron chi connectivity index (χ1n) is 5.78. The van der Waals surface area contributed by atoms with Crippen LogP contribution in [0.4, 0.5) is 0 Å². The summed E-state index contributed by atoms with van der Waals surface area (Å²) in [6, 6.07) is 4.88. The maximum Gasteiger partial charge on any atom is 0.349 e. The number of hydrogen-bond donors (Lipinski definition) is 1. The van der Waals surface area contributed by atoms with Gasteiger partial charge in [0.15, 0.2) is 11.5 Å². The monoisotopic (exact) mass is 339 g/mol. The molecule has 0 amide bonds. The van der Waals surface area contributed by atoms with Crippen LogP contribution in [0.1, 0.15) is 19.4 Å². The van der Waals surface area contributed by atoms with Gasteiger partial charge in [0.25, 0.3) is 0 Å². The highest BCUT2D eigenvalue weighted by atomic mass is 79.9. The molecule has 0 saturated heterocycles. The Morgan fingerprint density at radius 3 is 2.65 bits per heavy atom. The Labute approximate surface area is 125 Å². The molecule has 0 saturated carbocycles. The summed E-state index contributed by atoms with van der Waals surface area (Å²) in [5, 5.41) is 18.7. The molecule has 1 rings (SSSR count). The van der Waals surface area contributed by atoms with Gasteiger partial charge in [-0.05, 0) is 53.5 Å². The molecule has 1 aromatic rings. The molecule has 0 radical (unpaired) electrons. The number of aromatic hydroxyl groups is 1. The van der Waals surface area contributed by atoms with Gasteiger partial charge in [0.05, 0.1) is 17.7 Å². The van der Waals surface area contributed by atoms with E-state index in [0.29, 0.717) is 10.0 Å². The number of methoxy groups -OCH3 is 1. The molecule has 0 heterocycles. The fraction of sp³-hybridized carbons (Fsp3) is 0.286. The maximum absolute atomic E-state index is 11.7. The summed E-state index contributed by atoms with van der Waals surface area (Å²) in [5.41, 5.74) is 0.405. The highest BCUT2D eigenvalue weighted by molar-refractivity contribution is 9.10. The molecule has 5 nitrogen and oxygen atoms in total. The number of phenols is 1. The fourth-order valence-electron chi connectivity index (χ4n) is 1.41. The van der Waals surface area contributed by atoms with Crippen LogP contribution in [0, 0.1) is 11.3 Å². The van der Waals surface area contributed by atoms with E-state index < -0.39 is 5.97 Å². The molecular weight excluding hydrogens is 326 g/mol. The third kappa shape index (κ3) is 4.00. The molecule has 6 heteroatoms. The number of ether oxygens (including phenoxy) is 2. The molecule has 0 spiro atoms. The Balaban J connectivity index is 3.17. The molecular formula is C14H14BrNO4. The predicted molar refractivity (Wildman–Crippen MR) is 77.2 cm³/mol. The molecule has 0 aromatic heterocycles. The first-order chi connectivity index (χ1) is 9.38. The van der Waals surface area contributed by atoms with Crippen molar-refractivity contribution in [2.75, 3.05) is 7.11 Å². The molecule has 1 N–H and O–H groups in total. The minimum absolute atomic E-state index is 0.0482. The Hall–Kier alpha value is -2.00. The summed E-state index contributed by atoms with van der Waals surface area (Å²) in [6.45, 7) is 3.40. The first-order valence-corrected chi connectivity index (χ1v) is 6.57. The summed E-state index contributed by atoms with van der Waals surface area (Å²) in [4.78, 5) is 11.7. The molecule has 0 unspecified atom stereocenters. The Morgan fingerprint density at radius 1 is 1.50 bits per heavy atom. The van der Waals surface area contributed by atoms with Crippen LogP contribution >= 0.6 is 15.9 Å². The van der Waals surface area contributed by atoms with Gasteiger partial charge >= 0.3 is 5.97 Å². The van der Waals surface area contributed by atoms with Crippen LogP contribution < -0.4 is 4.74 Å². The normalized spacial score (nSPS) is 11.1. The van der Waals surface area contributed by atoms with Crippen molar-refractivity contribution < 1.29 is 19.4 Å². The van der Waals surface area contributed by atoms with Crippen LogP contribution in [0.25, 0.3) is 6.08 Å². The average Bonchev–Trinajstić information content (AvgIpc) is 2.38. The highest BCUT2D eigenvalue weighted by Crippen LogP contribution is 2.35. The maximum atomic E-state index is 11.7. The van der Waals surface area contributed by atoms with E-state index >= 15 is 0 Å². The molecule has 0 fully saturated rings.